The summed E-state index contributed by atoms with van der Waals surface area (Å²) in [4.78, 5) is 4.85. The molecule has 4 aromatic rings. The summed E-state index contributed by atoms with van der Waals surface area (Å²) in [6, 6.07) is 23.3. The van der Waals surface area contributed by atoms with Crippen LogP contribution in [0.15, 0.2) is 73.3 Å². The number of benzene rings is 3. The van der Waals surface area contributed by atoms with E-state index in [1.54, 1.807) is 0 Å². The van der Waals surface area contributed by atoms with Crippen LogP contribution in [0.5, 0.6) is 5.75 Å². The molecule has 1 N–H and O–H groups in total. The third-order valence-corrected chi connectivity index (χ3v) is 7.54. The number of hydrogen-bond donors (Lipinski definition) is 1. The first kappa shape index (κ1) is 40.4. The van der Waals surface area contributed by atoms with Gasteiger partial charge in [-0.3, -0.25) is 0 Å². The molecule has 0 aliphatic carbocycles. The highest BCUT2D eigenvalue weighted by molar-refractivity contribution is 5.95. The van der Waals surface area contributed by atoms with Crippen molar-refractivity contribution in [1.29, 1.82) is 0 Å². The molecule has 252 valence electrons. The van der Waals surface area contributed by atoms with Crippen molar-refractivity contribution in [2.75, 3.05) is 11.9 Å². The quantitative estimate of drug-likeness (QED) is 0.178. The van der Waals surface area contributed by atoms with E-state index in [-0.39, 0.29) is 0 Å². The maximum atomic E-state index is 5.75. The van der Waals surface area contributed by atoms with E-state index < -0.39 is 0 Å². The average Bonchev–Trinajstić information content (AvgIpc) is 3.57. The predicted octanol–water partition coefficient (Wildman–Crippen LogP) is 14.1. The lowest BCUT2D eigenvalue weighted by molar-refractivity contribution is 0.357. The minimum Gasteiger partial charge on any atom is -0.493 e. The summed E-state index contributed by atoms with van der Waals surface area (Å²) < 4.78 is 5.75. The van der Waals surface area contributed by atoms with Crippen molar-refractivity contribution in [2.24, 2.45) is 0 Å². The molecule has 3 nitrogen and oxygen atoms in total. The van der Waals surface area contributed by atoms with E-state index in [4.69, 9.17) is 9.72 Å². The van der Waals surface area contributed by atoms with Crippen LogP contribution in [-0.2, 0) is 6.42 Å². The van der Waals surface area contributed by atoms with Crippen molar-refractivity contribution in [1.82, 2.24) is 4.98 Å². The smallest absolute Gasteiger partial charge is 0.131 e. The molecular weight excluding hydrogens is 560 g/mol. The molecule has 0 fully saturated rings. The van der Waals surface area contributed by atoms with Crippen LogP contribution in [0.25, 0.3) is 27.6 Å². The van der Waals surface area contributed by atoms with Gasteiger partial charge in [0.05, 0.1) is 12.1 Å². The second-order valence-corrected chi connectivity index (χ2v) is 11.4. The lowest BCUT2D eigenvalue weighted by atomic mass is 9.97. The number of aryl methyl sites for hydroxylation is 1. The summed E-state index contributed by atoms with van der Waals surface area (Å²) in [5, 5.41) is 4.53. The number of unbranched alkanes of at least 4 members (excludes halogenated alkanes) is 6. The summed E-state index contributed by atoms with van der Waals surface area (Å²) in [6.07, 6.45) is 12.1. The van der Waals surface area contributed by atoms with Gasteiger partial charge in [-0.15, -0.1) is 0 Å². The second kappa shape index (κ2) is 23.7. The molecule has 0 saturated heterocycles. The Hall–Kier alpha value is -3.59. The normalized spacial score (nSPS) is 10.7. The number of pyridine rings is 1. The van der Waals surface area contributed by atoms with Crippen LogP contribution in [0.4, 0.5) is 11.5 Å². The van der Waals surface area contributed by atoms with E-state index in [0.717, 1.165) is 63.4 Å². The summed E-state index contributed by atoms with van der Waals surface area (Å²) >= 11 is 0. The van der Waals surface area contributed by atoms with Gasteiger partial charge in [0.25, 0.3) is 0 Å². The lowest BCUT2D eigenvalue weighted by Gasteiger charge is -2.13. The van der Waals surface area contributed by atoms with Crippen molar-refractivity contribution in [2.45, 2.75) is 127 Å². The van der Waals surface area contributed by atoms with Crippen molar-refractivity contribution in [3.05, 3.63) is 90.0 Å². The van der Waals surface area contributed by atoms with Gasteiger partial charge in [-0.1, -0.05) is 155 Å². The minimum absolute atomic E-state index is 0.775. The van der Waals surface area contributed by atoms with Gasteiger partial charge >= 0.3 is 0 Å². The SMILES string of the molecule is C=C(C)c1cc(Nc2ccc(C)cc2)nc2ccc(-c3ccc4c(c3)OCC4)cc12.CC.CC.CCCCCC.CCCCCC. The molecule has 0 unspecified atom stereocenters. The topological polar surface area (TPSA) is 34.2 Å². The largest absolute Gasteiger partial charge is 0.493 e. The zero-order valence-electron chi connectivity index (χ0n) is 31.0. The molecule has 3 aromatic carbocycles. The van der Waals surface area contributed by atoms with E-state index in [0.29, 0.717) is 0 Å². The maximum absolute atomic E-state index is 5.75. The molecule has 3 heteroatoms. The van der Waals surface area contributed by atoms with E-state index >= 15 is 0 Å². The Labute approximate surface area is 282 Å². The molecule has 0 saturated carbocycles. The lowest BCUT2D eigenvalue weighted by Crippen LogP contribution is -1.97. The van der Waals surface area contributed by atoms with Gasteiger partial charge in [0.1, 0.15) is 11.6 Å². The zero-order valence-corrected chi connectivity index (χ0v) is 31.0. The van der Waals surface area contributed by atoms with Gasteiger partial charge < -0.3 is 10.1 Å². The molecule has 2 heterocycles. The maximum Gasteiger partial charge on any atom is 0.131 e. The Morgan fingerprint density at radius 2 is 1.28 bits per heavy atom. The summed E-state index contributed by atoms with van der Waals surface area (Å²) in [7, 11) is 0. The van der Waals surface area contributed by atoms with E-state index in [9.17, 15) is 0 Å². The summed E-state index contributed by atoms with van der Waals surface area (Å²) in [5.41, 5.74) is 8.94. The fourth-order valence-electron chi connectivity index (χ4n) is 4.95. The number of allylic oxidation sites excluding steroid dienone is 1. The Morgan fingerprint density at radius 3 is 1.83 bits per heavy atom. The fourth-order valence-corrected chi connectivity index (χ4v) is 4.95. The number of aromatic nitrogens is 1. The molecule has 1 aromatic heterocycles. The molecular formula is C43H64N2O. The Morgan fingerprint density at radius 1 is 0.739 bits per heavy atom. The third kappa shape index (κ3) is 13.4. The summed E-state index contributed by atoms with van der Waals surface area (Å²) in [6.45, 7) is 26.0. The van der Waals surface area contributed by atoms with Crippen LogP contribution in [0.1, 0.15) is 130 Å². The molecule has 0 bridgehead atoms. The number of nitrogens with one attached hydrogen (secondary N) is 1. The van der Waals surface area contributed by atoms with Gasteiger partial charge in [0.15, 0.2) is 0 Å². The second-order valence-electron chi connectivity index (χ2n) is 11.4. The van der Waals surface area contributed by atoms with E-state index in [1.165, 1.54) is 62.5 Å². The van der Waals surface area contributed by atoms with Crippen LogP contribution in [-0.4, -0.2) is 11.6 Å². The Bertz CT molecular complexity index is 1390. The number of fused-ring (bicyclic) bond motifs is 2. The molecule has 0 radical (unpaired) electrons. The number of rotatable bonds is 10. The van der Waals surface area contributed by atoms with E-state index in [2.05, 4.69) is 113 Å². The van der Waals surface area contributed by atoms with Crippen molar-refractivity contribution < 1.29 is 4.74 Å². The molecule has 0 atom stereocenters. The standard InChI is InChI=1S/C27H24N2O.2C6H14.2C2H6/c1-17(2)23-16-27(28-22-9-4-18(3)5-10-22)29-25-11-8-20(14-24(23)25)21-7-6-19-12-13-30-26(19)15-21;2*1-3-5-6-4-2;2*1-2/h4-11,14-16H,1,12-13H2,2-3H3,(H,28,29);2*3-6H2,1-2H3;2*1-2H3. The van der Waals surface area contributed by atoms with Gasteiger partial charge in [0.2, 0.25) is 0 Å². The molecule has 0 amide bonds. The molecule has 0 spiro atoms. The first-order valence-electron chi connectivity index (χ1n) is 18.1. The van der Waals surface area contributed by atoms with Crippen molar-refractivity contribution in [3.8, 4) is 16.9 Å². The fraction of sp³-hybridized carbons (Fsp3) is 0.465. The van der Waals surface area contributed by atoms with Gasteiger partial charge in [-0.25, -0.2) is 4.98 Å². The van der Waals surface area contributed by atoms with Crippen LogP contribution in [0.2, 0.25) is 0 Å². The molecule has 46 heavy (non-hydrogen) atoms. The van der Waals surface area contributed by atoms with Gasteiger partial charge in [0, 0.05) is 17.5 Å². The molecule has 1 aliphatic heterocycles. The number of anilines is 2. The monoisotopic (exact) mass is 625 g/mol. The molecule has 1 aliphatic rings. The first-order valence-corrected chi connectivity index (χ1v) is 18.1. The first-order chi connectivity index (χ1) is 22.4. The van der Waals surface area contributed by atoms with Crippen LogP contribution in [0, 0.1) is 6.92 Å². The number of nitrogens with zero attached hydrogens (tertiary/aromatic N) is 1. The van der Waals surface area contributed by atoms with Crippen LogP contribution < -0.4 is 10.1 Å². The number of ether oxygens (including phenoxy) is 1. The van der Waals surface area contributed by atoms with Crippen molar-refractivity contribution in [3.63, 3.8) is 0 Å². The van der Waals surface area contributed by atoms with Gasteiger partial charge in [-0.05, 0) is 72.5 Å². The molecule has 5 rings (SSSR count). The van der Waals surface area contributed by atoms with Crippen molar-refractivity contribution >= 4 is 28.0 Å². The highest BCUT2D eigenvalue weighted by Gasteiger charge is 2.14. The van der Waals surface area contributed by atoms with Crippen LogP contribution >= 0.6 is 0 Å². The Kier molecular flexibility index (Phi) is 20.8. The highest BCUT2D eigenvalue weighted by Crippen LogP contribution is 2.34. The minimum atomic E-state index is 0.775. The third-order valence-electron chi connectivity index (χ3n) is 7.54. The zero-order chi connectivity index (χ0) is 34.3. The Balaban J connectivity index is 0.000000557. The van der Waals surface area contributed by atoms with Gasteiger partial charge in [-0.2, -0.15) is 0 Å². The van der Waals surface area contributed by atoms with E-state index in [1.807, 2.05) is 34.6 Å². The predicted molar refractivity (Wildman–Crippen MR) is 208 cm³/mol. The van der Waals surface area contributed by atoms with Crippen LogP contribution in [0.3, 0.4) is 0 Å². The summed E-state index contributed by atoms with van der Waals surface area (Å²) in [5.74, 6) is 1.83. The average molecular weight is 625 g/mol. The highest BCUT2D eigenvalue weighted by atomic mass is 16.5. The number of hydrogen-bond acceptors (Lipinski definition) is 3.